The molecule has 2 N–H and O–H groups in total. The predicted octanol–water partition coefficient (Wildman–Crippen LogP) is 3.13. The first-order valence-electron chi connectivity index (χ1n) is 6.61. The minimum Gasteiger partial charge on any atom is -0.493 e. The summed E-state index contributed by atoms with van der Waals surface area (Å²) in [4.78, 5) is 5.61. The first-order valence-corrected chi connectivity index (χ1v) is 7.42. The van der Waals surface area contributed by atoms with Crippen molar-refractivity contribution in [3.8, 4) is 5.75 Å². The molecule has 0 aliphatic carbocycles. The predicted molar refractivity (Wildman–Crippen MR) is 77.9 cm³/mol. The highest BCUT2D eigenvalue weighted by Gasteiger charge is 2.22. The smallest absolute Gasteiger partial charge is 0.127 e. The topological polar surface area (TPSA) is 48.1 Å². The maximum absolute atomic E-state index is 6.44. The van der Waals surface area contributed by atoms with Gasteiger partial charge in [0.15, 0.2) is 0 Å². The monoisotopic (exact) mass is 274 g/mol. The number of nitrogens with zero attached hydrogens (tertiary/aromatic N) is 1. The minimum atomic E-state index is -0.140. The Morgan fingerprint density at radius 1 is 1.37 bits per heavy atom. The fraction of sp³-hybridized carbons (Fsp3) is 0.400. The molecule has 0 amide bonds. The van der Waals surface area contributed by atoms with Crippen LogP contribution < -0.4 is 10.5 Å². The summed E-state index contributed by atoms with van der Waals surface area (Å²) in [5.74, 6) is 0.992. The molecule has 1 unspecified atom stereocenters. The van der Waals surface area contributed by atoms with Gasteiger partial charge in [-0.05, 0) is 32.3 Å². The van der Waals surface area contributed by atoms with Gasteiger partial charge in [-0.1, -0.05) is 18.2 Å². The van der Waals surface area contributed by atoms with Crippen LogP contribution in [0.2, 0.25) is 0 Å². The van der Waals surface area contributed by atoms with E-state index in [-0.39, 0.29) is 6.04 Å². The molecule has 3 nitrogen and oxygen atoms in total. The third-order valence-corrected chi connectivity index (χ3v) is 4.68. The number of aryl methyl sites for hydroxylation is 3. The molecule has 0 saturated heterocycles. The van der Waals surface area contributed by atoms with Gasteiger partial charge in [-0.2, -0.15) is 0 Å². The highest BCUT2D eigenvalue weighted by Crippen LogP contribution is 2.37. The average molecular weight is 274 g/mol. The van der Waals surface area contributed by atoms with E-state index in [9.17, 15) is 0 Å². The summed E-state index contributed by atoms with van der Waals surface area (Å²) in [5, 5.41) is 1.06. The lowest BCUT2D eigenvalue weighted by molar-refractivity contribution is 0.284. The molecule has 0 fully saturated rings. The van der Waals surface area contributed by atoms with Gasteiger partial charge in [0, 0.05) is 10.4 Å². The first-order chi connectivity index (χ1) is 9.16. The molecule has 0 spiro atoms. The Labute approximate surface area is 117 Å². The van der Waals surface area contributed by atoms with Crippen LogP contribution in [-0.4, -0.2) is 11.6 Å². The lowest BCUT2D eigenvalue weighted by atomic mass is 9.97. The van der Waals surface area contributed by atoms with E-state index in [1.807, 2.05) is 13.8 Å². The lowest BCUT2D eigenvalue weighted by Crippen LogP contribution is -2.17. The van der Waals surface area contributed by atoms with E-state index < -0.39 is 0 Å². The first kappa shape index (κ1) is 12.6. The second-order valence-electron chi connectivity index (χ2n) is 4.95. The van der Waals surface area contributed by atoms with Crippen LogP contribution in [0.1, 0.15) is 39.2 Å². The van der Waals surface area contributed by atoms with Gasteiger partial charge in [-0.15, -0.1) is 11.3 Å². The summed E-state index contributed by atoms with van der Waals surface area (Å²) in [6, 6.07) is 6.14. The number of ether oxygens (including phenoxy) is 1. The Balaban J connectivity index is 2.04. The number of fused-ring (bicyclic) bond motifs is 1. The number of rotatable bonds is 2. The van der Waals surface area contributed by atoms with E-state index in [0.29, 0.717) is 0 Å². The molecule has 2 aromatic rings. The number of hydrogen-bond acceptors (Lipinski definition) is 4. The van der Waals surface area contributed by atoms with Crippen molar-refractivity contribution >= 4 is 11.3 Å². The van der Waals surface area contributed by atoms with Crippen molar-refractivity contribution in [2.75, 3.05) is 6.61 Å². The van der Waals surface area contributed by atoms with E-state index in [4.69, 9.17) is 10.5 Å². The minimum absolute atomic E-state index is 0.140. The third-order valence-electron chi connectivity index (χ3n) is 3.52. The van der Waals surface area contributed by atoms with Crippen LogP contribution in [0.5, 0.6) is 5.75 Å². The molecule has 100 valence electrons. The number of benzene rings is 1. The largest absolute Gasteiger partial charge is 0.493 e. The zero-order valence-corrected chi connectivity index (χ0v) is 12.1. The van der Waals surface area contributed by atoms with E-state index in [1.54, 1.807) is 11.3 Å². The van der Waals surface area contributed by atoms with Gasteiger partial charge in [0.05, 0.1) is 23.4 Å². The second kappa shape index (κ2) is 4.94. The zero-order chi connectivity index (χ0) is 13.4. The highest BCUT2D eigenvalue weighted by atomic mass is 32.1. The van der Waals surface area contributed by atoms with Crippen LogP contribution in [0.25, 0.3) is 0 Å². The zero-order valence-electron chi connectivity index (χ0n) is 11.3. The molecule has 4 heteroatoms. The van der Waals surface area contributed by atoms with Gasteiger partial charge < -0.3 is 10.5 Å². The molecule has 2 heterocycles. The van der Waals surface area contributed by atoms with Crippen molar-refractivity contribution < 1.29 is 4.74 Å². The van der Waals surface area contributed by atoms with Crippen LogP contribution in [0, 0.1) is 13.8 Å². The van der Waals surface area contributed by atoms with Gasteiger partial charge in [0.1, 0.15) is 5.75 Å². The number of nitrogens with two attached hydrogens (primary N) is 1. The Bertz CT molecular complexity index is 606. The number of thiazole rings is 1. The molecule has 1 aromatic carbocycles. The molecule has 1 aliphatic heterocycles. The molecular formula is C15H18N2OS. The average Bonchev–Trinajstić information content (AvgIpc) is 2.76. The number of hydrogen-bond donors (Lipinski definition) is 1. The van der Waals surface area contributed by atoms with E-state index >= 15 is 0 Å². The van der Waals surface area contributed by atoms with Gasteiger partial charge in [0.2, 0.25) is 0 Å². The van der Waals surface area contributed by atoms with Gasteiger partial charge in [-0.25, -0.2) is 4.98 Å². The van der Waals surface area contributed by atoms with E-state index in [0.717, 1.165) is 46.3 Å². The van der Waals surface area contributed by atoms with Gasteiger partial charge >= 0.3 is 0 Å². The number of para-hydroxylation sites is 1. The summed E-state index contributed by atoms with van der Waals surface area (Å²) in [6.07, 6.45) is 2.17. The van der Waals surface area contributed by atoms with Crippen LogP contribution in [0.15, 0.2) is 18.2 Å². The van der Waals surface area contributed by atoms with E-state index in [2.05, 4.69) is 23.2 Å². The molecule has 1 atom stereocenters. The third kappa shape index (κ3) is 2.26. The lowest BCUT2D eigenvalue weighted by Gasteiger charge is -2.23. The normalized spacial score (nSPS) is 15.7. The summed E-state index contributed by atoms with van der Waals surface area (Å²) in [6.45, 7) is 4.83. The van der Waals surface area contributed by atoms with Crippen molar-refractivity contribution in [3.63, 3.8) is 0 Å². The van der Waals surface area contributed by atoms with Crippen molar-refractivity contribution in [1.29, 1.82) is 0 Å². The quantitative estimate of drug-likeness (QED) is 0.915. The van der Waals surface area contributed by atoms with Crippen LogP contribution >= 0.6 is 11.3 Å². The SMILES string of the molecule is Cc1nc(C)c(C(N)c2cccc3c2OCCC3)s1. The summed E-state index contributed by atoms with van der Waals surface area (Å²) in [7, 11) is 0. The molecule has 1 aliphatic rings. The Morgan fingerprint density at radius 3 is 2.95 bits per heavy atom. The molecule has 3 rings (SSSR count). The summed E-state index contributed by atoms with van der Waals surface area (Å²) in [5.41, 5.74) is 9.84. The Kier molecular flexibility index (Phi) is 3.29. The van der Waals surface area contributed by atoms with Crippen molar-refractivity contribution in [1.82, 2.24) is 4.98 Å². The summed E-state index contributed by atoms with van der Waals surface area (Å²) >= 11 is 1.68. The van der Waals surface area contributed by atoms with Crippen LogP contribution in [0.4, 0.5) is 0 Å². The standard InChI is InChI=1S/C15H18N2OS/c1-9-15(19-10(2)17-9)13(16)12-7-3-5-11-6-4-8-18-14(11)12/h3,5,7,13H,4,6,8,16H2,1-2H3. The Morgan fingerprint density at radius 2 is 2.21 bits per heavy atom. The van der Waals surface area contributed by atoms with Crippen molar-refractivity contribution in [2.45, 2.75) is 32.7 Å². The maximum atomic E-state index is 6.44. The van der Waals surface area contributed by atoms with Crippen molar-refractivity contribution in [3.05, 3.63) is 44.9 Å². The Hall–Kier alpha value is -1.39. The second-order valence-corrected chi connectivity index (χ2v) is 6.18. The molecule has 0 saturated carbocycles. The molecule has 0 bridgehead atoms. The molecule has 0 radical (unpaired) electrons. The van der Waals surface area contributed by atoms with Crippen LogP contribution in [0.3, 0.4) is 0 Å². The van der Waals surface area contributed by atoms with Crippen molar-refractivity contribution in [2.24, 2.45) is 5.73 Å². The maximum Gasteiger partial charge on any atom is 0.127 e. The number of aromatic nitrogens is 1. The van der Waals surface area contributed by atoms with Gasteiger partial charge in [0.25, 0.3) is 0 Å². The molecule has 1 aromatic heterocycles. The summed E-state index contributed by atoms with van der Waals surface area (Å²) < 4.78 is 5.85. The van der Waals surface area contributed by atoms with E-state index in [1.165, 1.54) is 5.56 Å². The molecule has 19 heavy (non-hydrogen) atoms. The fourth-order valence-corrected chi connectivity index (χ4v) is 3.58. The fourth-order valence-electron chi connectivity index (χ4n) is 2.64. The molecular weight excluding hydrogens is 256 g/mol. The highest BCUT2D eigenvalue weighted by molar-refractivity contribution is 7.11. The van der Waals surface area contributed by atoms with Crippen LogP contribution in [-0.2, 0) is 6.42 Å². The van der Waals surface area contributed by atoms with Gasteiger partial charge in [-0.3, -0.25) is 0 Å².